The van der Waals surface area contributed by atoms with Gasteiger partial charge in [0.2, 0.25) is 5.90 Å². The van der Waals surface area contributed by atoms with Gasteiger partial charge in [0.15, 0.2) is 5.70 Å². The first-order valence-corrected chi connectivity index (χ1v) is 10.9. The Morgan fingerprint density at radius 2 is 1.15 bits per heavy atom. The van der Waals surface area contributed by atoms with E-state index in [9.17, 15) is 4.79 Å². The van der Waals surface area contributed by atoms with Crippen LogP contribution >= 0.6 is 0 Å². The van der Waals surface area contributed by atoms with Crippen molar-refractivity contribution in [2.75, 3.05) is 0 Å². The Balaban J connectivity index is 1.42. The van der Waals surface area contributed by atoms with Crippen LogP contribution in [0.5, 0.6) is 0 Å². The van der Waals surface area contributed by atoms with E-state index in [0.29, 0.717) is 11.6 Å². The normalized spacial score (nSPS) is 14.6. The van der Waals surface area contributed by atoms with Crippen molar-refractivity contribution >= 4 is 39.5 Å². The summed E-state index contributed by atoms with van der Waals surface area (Å²) in [5, 5.41) is 4.39. The average Bonchev–Trinajstić information content (AvgIpc) is 3.24. The van der Waals surface area contributed by atoms with Crippen LogP contribution in [0.4, 0.5) is 0 Å². The fourth-order valence-corrected chi connectivity index (χ4v) is 4.31. The quantitative estimate of drug-likeness (QED) is 0.177. The topological polar surface area (TPSA) is 38.7 Å². The van der Waals surface area contributed by atoms with Crippen molar-refractivity contribution in [1.82, 2.24) is 0 Å². The second-order valence-corrected chi connectivity index (χ2v) is 8.01. The van der Waals surface area contributed by atoms with Crippen molar-refractivity contribution in [2.24, 2.45) is 4.99 Å². The number of fused-ring (bicyclic) bond motifs is 2. The SMILES string of the molecule is O=C1OC(c2ccc(-c3ccccc3)cc2)=N/C1=C\c1c2ccccc2cc2ccccc12. The zero-order valence-corrected chi connectivity index (χ0v) is 17.7. The van der Waals surface area contributed by atoms with Crippen LogP contribution in [0, 0.1) is 0 Å². The lowest BCUT2D eigenvalue weighted by molar-refractivity contribution is -0.129. The summed E-state index contributed by atoms with van der Waals surface area (Å²) < 4.78 is 5.54. The monoisotopic (exact) mass is 425 g/mol. The number of ether oxygens (including phenoxy) is 1. The van der Waals surface area contributed by atoms with Gasteiger partial charge in [0.1, 0.15) is 0 Å². The molecule has 156 valence electrons. The molecule has 5 aromatic rings. The molecule has 0 aliphatic carbocycles. The molecule has 0 bridgehead atoms. The number of benzene rings is 5. The van der Waals surface area contributed by atoms with Gasteiger partial charge in [0.25, 0.3) is 0 Å². The Morgan fingerprint density at radius 1 is 0.606 bits per heavy atom. The van der Waals surface area contributed by atoms with E-state index >= 15 is 0 Å². The maximum Gasteiger partial charge on any atom is 0.363 e. The van der Waals surface area contributed by atoms with Crippen LogP contribution in [-0.2, 0) is 9.53 Å². The molecule has 3 nitrogen and oxygen atoms in total. The third-order valence-electron chi connectivity index (χ3n) is 5.95. The molecule has 0 saturated carbocycles. The molecule has 0 radical (unpaired) electrons. The van der Waals surface area contributed by atoms with Gasteiger partial charge >= 0.3 is 5.97 Å². The number of cyclic esters (lactones) is 1. The van der Waals surface area contributed by atoms with Crippen molar-refractivity contribution in [3.63, 3.8) is 0 Å². The van der Waals surface area contributed by atoms with Crippen LogP contribution in [0.3, 0.4) is 0 Å². The Kier molecular flexibility index (Phi) is 4.59. The third-order valence-corrected chi connectivity index (χ3v) is 5.95. The molecule has 0 amide bonds. The Bertz CT molecular complexity index is 1530. The number of hydrogen-bond acceptors (Lipinski definition) is 3. The highest BCUT2D eigenvalue weighted by Gasteiger charge is 2.24. The van der Waals surface area contributed by atoms with Crippen LogP contribution in [0.25, 0.3) is 38.7 Å². The molecule has 33 heavy (non-hydrogen) atoms. The van der Waals surface area contributed by atoms with Crippen molar-refractivity contribution in [3.05, 3.63) is 126 Å². The summed E-state index contributed by atoms with van der Waals surface area (Å²) >= 11 is 0. The molecule has 6 rings (SSSR count). The van der Waals surface area contributed by atoms with Gasteiger partial charge in [0.05, 0.1) is 0 Å². The molecule has 1 heterocycles. The van der Waals surface area contributed by atoms with Crippen molar-refractivity contribution < 1.29 is 9.53 Å². The minimum absolute atomic E-state index is 0.304. The van der Waals surface area contributed by atoms with Crippen LogP contribution in [0.15, 0.2) is 120 Å². The summed E-state index contributed by atoms with van der Waals surface area (Å²) in [6, 6.07) is 36.6. The van der Waals surface area contributed by atoms with Gasteiger partial charge in [0, 0.05) is 5.56 Å². The lowest BCUT2D eigenvalue weighted by Crippen LogP contribution is -2.05. The number of nitrogens with zero attached hydrogens (tertiary/aromatic N) is 1. The predicted molar refractivity (Wildman–Crippen MR) is 134 cm³/mol. The zero-order valence-electron chi connectivity index (χ0n) is 17.7. The second-order valence-electron chi connectivity index (χ2n) is 8.01. The number of carbonyl (C=O) groups is 1. The Hall–Kier alpha value is -4.50. The van der Waals surface area contributed by atoms with Crippen molar-refractivity contribution in [2.45, 2.75) is 0 Å². The number of carbonyl (C=O) groups excluding carboxylic acids is 1. The van der Waals surface area contributed by atoms with Gasteiger partial charge in [-0.1, -0.05) is 91.0 Å². The van der Waals surface area contributed by atoms with E-state index in [4.69, 9.17) is 4.74 Å². The molecule has 0 aromatic heterocycles. The van der Waals surface area contributed by atoms with E-state index in [1.165, 1.54) is 0 Å². The largest absolute Gasteiger partial charge is 0.402 e. The standard InChI is InChI=1S/C30H19NO2/c32-30-28(19-27-25-12-6-4-10-23(25)18-24-11-5-7-13-26(24)27)31-29(33-30)22-16-14-21(15-17-22)20-8-2-1-3-9-20/h1-19H/b28-19-. The number of esters is 1. The van der Waals surface area contributed by atoms with E-state index in [2.05, 4.69) is 47.5 Å². The fourth-order valence-electron chi connectivity index (χ4n) is 4.31. The molecule has 3 heteroatoms. The average molecular weight is 425 g/mol. The summed E-state index contributed by atoms with van der Waals surface area (Å²) in [5.74, 6) is -0.107. The molecule has 0 N–H and O–H groups in total. The van der Waals surface area contributed by atoms with Crippen molar-refractivity contribution in [1.29, 1.82) is 0 Å². The van der Waals surface area contributed by atoms with E-state index in [1.807, 2.05) is 72.8 Å². The number of rotatable bonds is 3. The molecule has 0 spiro atoms. The summed E-state index contributed by atoms with van der Waals surface area (Å²) in [6.45, 7) is 0. The van der Waals surface area contributed by atoms with Crippen LogP contribution in [0.2, 0.25) is 0 Å². The molecule has 1 aliphatic rings. The molecule has 1 aliphatic heterocycles. The molecule has 0 fully saturated rings. The molecular formula is C30H19NO2. The molecule has 0 saturated heterocycles. The lowest BCUT2D eigenvalue weighted by Gasteiger charge is -2.08. The van der Waals surface area contributed by atoms with Gasteiger partial charge in [-0.2, -0.15) is 0 Å². The first kappa shape index (κ1) is 19.2. The van der Waals surface area contributed by atoms with E-state index in [0.717, 1.165) is 43.8 Å². The minimum Gasteiger partial charge on any atom is -0.402 e. The first-order chi connectivity index (χ1) is 16.3. The van der Waals surface area contributed by atoms with Gasteiger partial charge < -0.3 is 4.74 Å². The van der Waals surface area contributed by atoms with Crippen LogP contribution < -0.4 is 0 Å². The second kappa shape index (κ2) is 7.88. The third kappa shape index (κ3) is 3.50. The van der Waals surface area contributed by atoms with Gasteiger partial charge in [-0.05, 0) is 62.5 Å². The molecule has 0 unspecified atom stereocenters. The summed E-state index contributed by atoms with van der Waals surface area (Å²) in [5.41, 5.74) is 4.29. The maximum atomic E-state index is 12.7. The number of hydrogen-bond donors (Lipinski definition) is 0. The fraction of sp³-hybridized carbons (Fsp3) is 0. The molecule has 0 atom stereocenters. The van der Waals surface area contributed by atoms with Crippen LogP contribution in [0.1, 0.15) is 11.1 Å². The highest BCUT2D eigenvalue weighted by molar-refractivity contribution is 6.15. The van der Waals surface area contributed by atoms with Crippen molar-refractivity contribution in [3.8, 4) is 11.1 Å². The highest BCUT2D eigenvalue weighted by atomic mass is 16.6. The molecular weight excluding hydrogens is 406 g/mol. The van der Waals surface area contributed by atoms with Gasteiger partial charge in [-0.15, -0.1) is 0 Å². The highest BCUT2D eigenvalue weighted by Crippen LogP contribution is 2.31. The van der Waals surface area contributed by atoms with E-state index in [1.54, 1.807) is 0 Å². The summed E-state index contributed by atoms with van der Waals surface area (Å²) in [7, 11) is 0. The number of aliphatic imine (C=N–C) groups is 1. The van der Waals surface area contributed by atoms with Gasteiger partial charge in [-0.25, -0.2) is 9.79 Å². The van der Waals surface area contributed by atoms with E-state index < -0.39 is 5.97 Å². The maximum absolute atomic E-state index is 12.7. The van der Waals surface area contributed by atoms with E-state index in [-0.39, 0.29) is 0 Å². The smallest absolute Gasteiger partial charge is 0.363 e. The Morgan fingerprint density at radius 3 is 1.82 bits per heavy atom. The zero-order chi connectivity index (χ0) is 22.2. The molecule has 5 aromatic carbocycles. The predicted octanol–water partition coefficient (Wildman–Crippen LogP) is 7.00. The summed E-state index contributed by atoms with van der Waals surface area (Å²) in [6.07, 6.45) is 1.85. The lowest BCUT2D eigenvalue weighted by atomic mass is 9.96. The van der Waals surface area contributed by atoms with Crippen LogP contribution in [-0.4, -0.2) is 11.9 Å². The first-order valence-electron chi connectivity index (χ1n) is 10.9. The summed E-state index contributed by atoms with van der Waals surface area (Å²) in [4.78, 5) is 17.3. The Labute approximate surface area is 191 Å². The van der Waals surface area contributed by atoms with Gasteiger partial charge in [-0.3, -0.25) is 0 Å². The minimum atomic E-state index is -0.436.